The molecule has 0 fully saturated rings. The molecule has 214 valence electrons. The lowest BCUT2D eigenvalue weighted by Crippen LogP contribution is -2.38. The summed E-state index contributed by atoms with van der Waals surface area (Å²) in [6.07, 6.45) is 3.25. The summed E-state index contributed by atoms with van der Waals surface area (Å²) in [7, 11) is 8.26. The van der Waals surface area contributed by atoms with Crippen molar-refractivity contribution >= 4 is 16.6 Å². The molecule has 7 heteroatoms. The van der Waals surface area contributed by atoms with Crippen LogP contribution in [0.2, 0.25) is 0 Å². The molecule has 42 heavy (non-hydrogen) atoms. The van der Waals surface area contributed by atoms with Crippen LogP contribution in [0.5, 0.6) is 28.7 Å². The first-order valence-electron chi connectivity index (χ1n) is 14.0. The summed E-state index contributed by atoms with van der Waals surface area (Å²) < 4.78 is 34.8. The molecule has 0 amide bonds. The van der Waals surface area contributed by atoms with Gasteiger partial charge in [-0.25, -0.2) is 0 Å². The average Bonchev–Trinajstić information content (AvgIpc) is 3.23. The highest BCUT2D eigenvalue weighted by Crippen LogP contribution is 2.66. The fraction of sp³-hybridized carbons (Fsp3) is 0.286. The molecule has 4 aromatic rings. The van der Waals surface area contributed by atoms with E-state index in [0.29, 0.717) is 29.2 Å². The molecule has 2 atom stereocenters. The van der Waals surface area contributed by atoms with Gasteiger partial charge in [-0.15, -0.1) is 0 Å². The maximum Gasteiger partial charge on any atom is 0.189 e. The van der Waals surface area contributed by atoms with Crippen LogP contribution in [-0.4, -0.2) is 48.1 Å². The van der Waals surface area contributed by atoms with Gasteiger partial charge < -0.3 is 28.4 Å². The number of methoxy groups -OCH3 is 5. The van der Waals surface area contributed by atoms with Crippen LogP contribution < -0.4 is 23.7 Å². The third-order valence-electron chi connectivity index (χ3n) is 9.19. The van der Waals surface area contributed by atoms with Gasteiger partial charge in [0, 0.05) is 19.1 Å². The molecular weight excluding hydrogens is 532 g/mol. The predicted octanol–water partition coefficient (Wildman–Crippen LogP) is 6.36. The van der Waals surface area contributed by atoms with Crippen molar-refractivity contribution in [1.82, 2.24) is 0 Å². The van der Waals surface area contributed by atoms with Gasteiger partial charge in [-0.2, -0.15) is 0 Å². The smallest absolute Gasteiger partial charge is 0.189 e. The molecule has 1 spiro atoms. The Balaban J connectivity index is 1.68. The zero-order chi connectivity index (χ0) is 29.2. The monoisotopic (exact) mass is 564 g/mol. The third kappa shape index (κ3) is 3.34. The number of ether oxygens (including phenoxy) is 6. The summed E-state index contributed by atoms with van der Waals surface area (Å²) in [6.45, 7) is 0.104. The fourth-order valence-corrected chi connectivity index (χ4v) is 7.69. The Morgan fingerprint density at radius 2 is 1.52 bits per heavy atom. The fourth-order valence-electron chi connectivity index (χ4n) is 7.69. The van der Waals surface area contributed by atoms with Gasteiger partial charge in [-0.05, 0) is 76.4 Å². The van der Waals surface area contributed by atoms with Crippen molar-refractivity contribution in [1.29, 1.82) is 0 Å². The lowest BCUT2D eigenvalue weighted by Gasteiger charge is -2.43. The van der Waals surface area contributed by atoms with E-state index in [0.717, 1.165) is 62.1 Å². The van der Waals surface area contributed by atoms with Crippen LogP contribution in [-0.2, 0) is 16.6 Å². The number of hydrogen-bond donors (Lipinski definition) is 0. The predicted molar refractivity (Wildman–Crippen MR) is 159 cm³/mol. The van der Waals surface area contributed by atoms with Crippen LogP contribution in [0.3, 0.4) is 0 Å². The second kappa shape index (κ2) is 9.81. The van der Waals surface area contributed by atoms with E-state index >= 15 is 0 Å². The van der Waals surface area contributed by atoms with Crippen molar-refractivity contribution < 1.29 is 33.2 Å². The minimum absolute atomic E-state index is 0.0397. The number of carbonyl (C=O) groups excluding carboxylic acids is 1. The first-order valence-corrected chi connectivity index (χ1v) is 14.0. The molecule has 7 rings (SSSR count). The molecule has 7 nitrogen and oxygen atoms in total. The zero-order valence-electron chi connectivity index (χ0n) is 24.3. The van der Waals surface area contributed by atoms with Crippen LogP contribution in [0.25, 0.3) is 10.8 Å². The quantitative estimate of drug-likeness (QED) is 0.242. The molecule has 0 radical (unpaired) electrons. The molecule has 0 saturated heterocycles. The summed E-state index contributed by atoms with van der Waals surface area (Å²) in [5, 5.41) is 1.93. The molecule has 0 aromatic heterocycles. The van der Waals surface area contributed by atoms with Crippen molar-refractivity contribution in [3.8, 4) is 28.7 Å². The minimum atomic E-state index is -0.687. The Morgan fingerprint density at radius 3 is 2.26 bits per heavy atom. The van der Waals surface area contributed by atoms with Gasteiger partial charge in [0.2, 0.25) is 0 Å². The average molecular weight is 565 g/mol. The van der Waals surface area contributed by atoms with Crippen molar-refractivity contribution in [2.45, 2.75) is 24.2 Å². The molecule has 3 aliphatic rings. The lowest BCUT2D eigenvalue weighted by atomic mass is 9.58. The molecule has 0 bridgehead atoms. The van der Waals surface area contributed by atoms with Crippen molar-refractivity contribution in [3.05, 3.63) is 99.6 Å². The first kappa shape index (κ1) is 26.4. The van der Waals surface area contributed by atoms with Crippen molar-refractivity contribution in [2.24, 2.45) is 0 Å². The second-order valence-electron chi connectivity index (χ2n) is 10.8. The number of fused-ring (bicyclic) bond motifs is 4. The van der Waals surface area contributed by atoms with Crippen LogP contribution in [0, 0.1) is 0 Å². The number of ketones is 1. The molecule has 0 heterocycles. The van der Waals surface area contributed by atoms with Gasteiger partial charge in [0.05, 0.1) is 44.8 Å². The van der Waals surface area contributed by atoms with E-state index in [1.807, 2.05) is 36.4 Å². The van der Waals surface area contributed by atoms with Crippen molar-refractivity contribution in [3.63, 3.8) is 0 Å². The van der Waals surface area contributed by atoms with E-state index < -0.39 is 5.41 Å². The van der Waals surface area contributed by atoms with Gasteiger partial charge in [0.15, 0.2) is 12.6 Å². The summed E-state index contributed by atoms with van der Waals surface area (Å²) in [4.78, 5) is 13.8. The molecule has 0 saturated carbocycles. The Kier molecular flexibility index (Phi) is 6.17. The number of rotatable bonds is 7. The summed E-state index contributed by atoms with van der Waals surface area (Å²) >= 11 is 0. The summed E-state index contributed by atoms with van der Waals surface area (Å²) in [5.41, 5.74) is 6.36. The highest BCUT2D eigenvalue weighted by atomic mass is 16.7. The standard InChI is InChI=1S/C35H32O7/c1-37-18-42-29-13-11-22-31-25(12-14-28(40-4)33(29)31)35-19(15-26(36)32-24(35)7-6-8-27(32)39-3)9-10-21-23(34(22)35)16-20(38-2)17-30(21)41-5/h6-8,11-17,34H,9-10,18H2,1-5H3/t34?,35-/m1/s1. The minimum Gasteiger partial charge on any atom is -0.497 e. The second-order valence-corrected chi connectivity index (χ2v) is 10.8. The molecule has 4 aromatic carbocycles. The molecular formula is C35H32O7. The van der Waals surface area contributed by atoms with E-state index in [2.05, 4.69) is 24.3 Å². The van der Waals surface area contributed by atoms with Crippen LogP contribution in [0.1, 0.15) is 50.5 Å². The van der Waals surface area contributed by atoms with E-state index in [1.54, 1.807) is 35.5 Å². The molecule has 1 unspecified atom stereocenters. The number of allylic oxidation sites excluding steroid dienone is 2. The Bertz CT molecular complexity index is 1800. The van der Waals surface area contributed by atoms with Gasteiger partial charge >= 0.3 is 0 Å². The Morgan fingerprint density at radius 1 is 0.738 bits per heavy atom. The Labute approximate surface area is 244 Å². The van der Waals surface area contributed by atoms with Gasteiger partial charge in [0.1, 0.15) is 28.7 Å². The Hall–Kier alpha value is -4.49. The molecule has 3 aliphatic carbocycles. The lowest BCUT2D eigenvalue weighted by molar-refractivity contribution is 0.0521. The third-order valence-corrected chi connectivity index (χ3v) is 9.19. The van der Waals surface area contributed by atoms with Crippen molar-refractivity contribution in [2.75, 3.05) is 42.3 Å². The zero-order valence-corrected chi connectivity index (χ0v) is 24.3. The summed E-state index contributed by atoms with van der Waals surface area (Å²) in [6, 6.07) is 18.3. The van der Waals surface area contributed by atoms with Gasteiger partial charge in [0.25, 0.3) is 0 Å². The van der Waals surface area contributed by atoms with E-state index in [4.69, 9.17) is 28.4 Å². The maximum absolute atomic E-state index is 13.8. The highest BCUT2D eigenvalue weighted by Gasteiger charge is 2.57. The van der Waals surface area contributed by atoms with E-state index in [1.165, 1.54) is 0 Å². The molecule has 0 aliphatic heterocycles. The highest BCUT2D eigenvalue weighted by molar-refractivity contribution is 6.12. The van der Waals surface area contributed by atoms with E-state index in [9.17, 15) is 4.79 Å². The number of benzene rings is 4. The first-order chi connectivity index (χ1) is 20.5. The SMILES string of the molecule is COCOc1ccc2c3c(ccc(OC)c13)[C@@]13C(=CC(=O)c4c(OC)cccc41)CCc1c(OC)cc(OC)cc1C23. The van der Waals surface area contributed by atoms with Crippen LogP contribution in [0.15, 0.2) is 66.2 Å². The van der Waals surface area contributed by atoms with E-state index in [-0.39, 0.29) is 18.5 Å². The maximum atomic E-state index is 13.8. The van der Waals surface area contributed by atoms with Crippen LogP contribution >= 0.6 is 0 Å². The topological polar surface area (TPSA) is 72.5 Å². The largest absolute Gasteiger partial charge is 0.497 e. The van der Waals surface area contributed by atoms with Crippen LogP contribution in [0.4, 0.5) is 0 Å². The number of carbonyl (C=O) groups is 1. The normalized spacial score (nSPS) is 19.6. The summed E-state index contributed by atoms with van der Waals surface area (Å²) in [5.74, 6) is 3.22. The number of hydrogen-bond acceptors (Lipinski definition) is 7. The van der Waals surface area contributed by atoms with Gasteiger partial charge in [-0.3, -0.25) is 4.79 Å². The van der Waals surface area contributed by atoms with Gasteiger partial charge in [-0.1, -0.05) is 29.8 Å². The molecule has 0 N–H and O–H groups in total.